The van der Waals surface area contributed by atoms with E-state index in [1.54, 1.807) is 0 Å². The summed E-state index contributed by atoms with van der Waals surface area (Å²) in [6, 6.07) is 8.52. The van der Waals surface area contributed by atoms with Gasteiger partial charge in [-0.1, -0.05) is 48.8 Å². The fraction of sp³-hybridized carbons (Fsp3) is 0.600. The van der Waals surface area contributed by atoms with Crippen LogP contribution in [-0.2, 0) is 5.41 Å². The van der Waals surface area contributed by atoms with Crippen molar-refractivity contribution in [3.63, 3.8) is 0 Å². The van der Waals surface area contributed by atoms with Crippen LogP contribution in [0.2, 0.25) is 0 Å². The minimum Gasteiger partial charge on any atom is -0.493 e. The van der Waals surface area contributed by atoms with Crippen molar-refractivity contribution in [2.45, 2.75) is 39.0 Å². The number of halogens is 1. The largest absolute Gasteiger partial charge is 0.493 e. The van der Waals surface area contributed by atoms with Gasteiger partial charge in [-0.3, -0.25) is 0 Å². The molecule has 0 atom stereocenters. The summed E-state index contributed by atoms with van der Waals surface area (Å²) in [7, 11) is 0. The molecule has 1 aliphatic carbocycles. The Bertz CT molecular complexity index is 371. The topological polar surface area (TPSA) is 9.23 Å². The van der Waals surface area contributed by atoms with Crippen LogP contribution < -0.4 is 4.74 Å². The lowest BCUT2D eigenvalue weighted by Crippen LogP contribution is -2.14. The molecular formula is C15H21BrO. The molecular weight excluding hydrogens is 276 g/mol. The monoisotopic (exact) mass is 296 g/mol. The van der Waals surface area contributed by atoms with E-state index in [-0.39, 0.29) is 5.41 Å². The van der Waals surface area contributed by atoms with Crippen molar-refractivity contribution in [1.29, 1.82) is 0 Å². The molecule has 0 heterocycles. The molecule has 0 bridgehead atoms. The van der Waals surface area contributed by atoms with Crippen LogP contribution in [0.1, 0.15) is 39.2 Å². The first-order valence-corrected chi connectivity index (χ1v) is 7.37. The van der Waals surface area contributed by atoms with Crippen molar-refractivity contribution in [3.8, 4) is 5.75 Å². The minimum absolute atomic E-state index is 0.214. The van der Waals surface area contributed by atoms with Crippen LogP contribution in [0.5, 0.6) is 5.75 Å². The summed E-state index contributed by atoms with van der Waals surface area (Å²) in [6.45, 7) is 7.53. The van der Waals surface area contributed by atoms with Gasteiger partial charge in [0.2, 0.25) is 0 Å². The smallest absolute Gasteiger partial charge is 0.119 e. The molecule has 0 aromatic heterocycles. The fourth-order valence-corrected chi connectivity index (χ4v) is 2.50. The van der Waals surface area contributed by atoms with Gasteiger partial charge in [-0.15, -0.1) is 0 Å². The van der Waals surface area contributed by atoms with Crippen molar-refractivity contribution >= 4 is 15.9 Å². The minimum atomic E-state index is 0.214. The Labute approximate surface area is 113 Å². The third-order valence-electron chi connectivity index (χ3n) is 3.51. The molecule has 2 heteroatoms. The maximum atomic E-state index is 5.86. The van der Waals surface area contributed by atoms with Crippen LogP contribution in [-0.4, -0.2) is 11.9 Å². The lowest BCUT2D eigenvalue weighted by molar-refractivity contribution is 0.251. The first-order chi connectivity index (χ1) is 7.95. The van der Waals surface area contributed by atoms with E-state index in [4.69, 9.17) is 4.74 Å². The molecule has 0 spiro atoms. The highest BCUT2D eigenvalue weighted by Crippen LogP contribution is 2.47. The van der Waals surface area contributed by atoms with Crippen molar-refractivity contribution in [1.82, 2.24) is 0 Å². The van der Waals surface area contributed by atoms with Crippen molar-refractivity contribution in [3.05, 3.63) is 29.8 Å². The van der Waals surface area contributed by atoms with Gasteiger partial charge in [0.05, 0.1) is 6.61 Å². The van der Waals surface area contributed by atoms with Crippen molar-refractivity contribution in [2.24, 2.45) is 5.41 Å². The van der Waals surface area contributed by atoms with Crippen LogP contribution in [0, 0.1) is 5.41 Å². The van der Waals surface area contributed by atoms with E-state index in [1.165, 1.54) is 18.4 Å². The van der Waals surface area contributed by atoms with Crippen molar-refractivity contribution < 1.29 is 4.74 Å². The second kappa shape index (κ2) is 4.64. The highest BCUT2D eigenvalue weighted by atomic mass is 79.9. The van der Waals surface area contributed by atoms with Crippen LogP contribution in [0.4, 0.5) is 0 Å². The van der Waals surface area contributed by atoms with Gasteiger partial charge < -0.3 is 4.74 Å². The Morgan fingerprint density at radius 3 is 2.18 bits per heavy atom. The molecule has 1 nitrogen and oxygen atoms in total. The molecule has 1 saturated carbocycles. The lowest BCUT2D eigenvalue weighted by atomic mass is 9.87. The van der Waals surface area contributed by atoms with Gasteiger partial charge >= 0.3 is 0 Å². The van der Waals surface area contributed by atoms with Crippen LogP contribution >= 0.6 is 15.9 Å². The Morgan fingerprint density at radius 2 is 1.76 bits per heavy atom. The quantitative estimate of drug-likeness (QED) is 0.741. The number of rotatable bonds is 4. The highest BCUT2D eigenvalue weighted by molar-refractivity contribution is 9.09. The Kier molecular flexibility index (Phi) is 3.53. The molecule has 0 N–H and O–H groups in total. The molecule has 2 rings (SSSR count). The molecule has 0 aliphatic heterocycles. The second-order valence-electron chi connectivity index (χ2n) is 6.20. The van der Waals surface area contributed by atoms with E-state index in [9.17, 15) is 0 Å². The SMILES string of the molecule is CC(C)(C)c1ccc(OCC2(CBr)CC2)cc1. The summed E-state index contributed by atoms with van der Waals surface area (Å²) in [5.74, 6) is 0.991. The normalized spacial score (nSPS) is 17.9. The molecule has 1 aromatic carbocycles. The summed E-state index contributed by atoms with van der Waals surface area (Å²) in [4.78, 5) is 0. The van der Waals surface area contributed by atoms with E-state index in [0.29, 0.717) is 5.41 Å². The molecule has 17 heavy (non-hydrogen) atoms. The average molecular weight is 297 g/mol. The average Bonchev–Trinajstić information content (AvgIpc) is 3.06. The van der Waals surface area contributed by atoms with Gasteiger partial charge in [0.25, 0.3) is 0 Å². The van der Waals surface area contributed by atoms with E-state index in [0.717, 1.165) is 17.7 Å². The maximum absolute atomic E-state index is 5.86. The van der Waals surface area contributed by atoms with Gasteiger partial charge in [0, 0.05) is 10.7 Å². The predicted molar refractivity (Wildman–Crippen MR) is 76.1 cm³/mol. The Balaban J connectivity index is 1.94. The van der Waals surface area contributed by atoms with Gasteiger partial charge in [-0.25, -0.2) is 0 Å². The standard InChI is InChI=1S/C15H21BrO/c1-14(2,3)12-4-6-13(7-5-12)17-11-15(10-16)8-9-15/h4-7H,8-11H2,1-3H3. The summed E-state index contributed by atoms with van der Waals surface area (Å²) in [5, 5.41) is 1.06. The molecule has 1 aromatic rings. The van der Waals surface area contributed by atoms with Crippen LogP contribution in [0.3, 0.4) is 0 Å². The van der Waals surface area contributed by atoms with E-state index in [1.807, 2.05) is 0 Å². The zero-order valence-electron chi connectivity index (χ0n) is 10.9. The highest BCUT2D eigenvalue weighted by Gasteiger charge is 2.42. The fourth-order valence-electron chi connectivity index (χ4n) is 1.78. The van der Waals surface area contributed by atoms with Gasteiger partial charge in [-0.05, 0) is 36.0 Å². The number of benzene rings is 1. The zero-order chi connectivity index (χ0) is 12.5. The van der Waals surface area contributed by atoms with Crippen LogP contribution in [0.15, 0.2) is 24.3 Å². The number of hydrogen-bond acceptors (Lipinski definition) is 1. The van der Waals surface area contributed by atoms with Crippen LogP contribution in [0.25, 0.3) is 0 Å². The summed E-state index contributed by atoms with van der Waals surface area (Å²) < 4.78 is 5.86. The molecule has 1 aliphatic rings. The third kappa shape index (κ3) is 3.25. The summed E-state index contributed by atoms with van der Waals surface area (Å²) in [5.41, 5.74) is 1.99. The van der Waals surface area contributed by atoms with Gasteiger partial charge in [-0.2, -0.15) is 0 Å². The van der Waals surface area contributed by atoms with E-state index in [2.05, 4.69) is 61.0 Å². The summed E-state index contributed by atoms with van der Waals surface area (Å²) >= 11 is 3.56. The molecule has 0 amide bonds. The third-order valence-corrected chi connectivity index (χ3v) is 4.70. The number of hydrogen-bond donors (Lipinski definition) is 0. The van der Waals surface area contributed by atoms with Crippen molar-refractivity contribution in [2.75, 3.05) is 11.9 Å². The molecule has 94 valence electrons. The molecule has 0 unspecified atom stereocenters. The Morgan fingerprint density at radius 1 is 1.18 bits per heavy atom. The second-order valence-corrected chi connectivity index (χ2v) is 6.76. The first-order valence-electron chi connectivity index (χ1n) is 6.25. The van der Waals surface area contributed by atoms with Gasteiger partial charge in [0.15, 0.2) is 0 Å². The summed E-state index contributed by atoms with van der Waals surface area (Å²) in [6.07, 6.45) is 2.58. The number of alkyl halides is 1. The zero-order valence-corrected chi connectivity index (χ0v) is 12.5. The molecule has 0 saturated heterocycles. The van der Waals surface area contributed by atoms with E-state index < -0.39 is 0 Å². The van der Waals surface area contributed by atoms with E-state index >= 15 is 0 Å². The van der Waals surface area contributed by atoms with Gasteiger partial charge in [0.1, 0.15) is 5.75 Å². The molecule has 0 radical (unpaired) electrons. The predicted octanol–water partition coefficient (Wildman–Crippen LogP) is 4.54. The lowest BCUT2D eigenvalue weighted by Gasteiger charge is -2.19. The Hall–Kier alpha value is -0.500. The molecule has 1 fully saturated rings. The first kappa shape index (κ1) is 12.9. The number of ether oxygens (including phenoxy) is 1. The maximum Gasteiger partial charge on any atom is 0.119 e.